The Kier molecular flexibility index (Phi) is 5.16. The SMILES string of the molecule is O=C(COc1ccc(Cl)c(F)c1)NC12CC(NC(=O)c3ccc(/C=C/C4CC4)cn3)(C1)C2. The molecule has 0 spiro atoms. The molecule has 0 aliphatic heterocycles. The number of pyridine rings is 1. The number of carbonyl (C=O) groups is 2. The highest BCUT2D eigenvalue weighted by Crippen LogP contribution is 2.60. The molecule has 0 saturated heterocycles. The standard InChI is InChI=1S/C24H23ClFN3O3/c25-18-7-6-17(9-19(18)26)32-11-21(30)28-23-12-24(13-23,14-23)29-22(31)20-8-5-16(10-27-20)4-3-15-1-2-15/h3-10,15H,1-2,11-14H2,(H,28,30)(H,29,31)/b4-3+. The average Bonchev–Trinajstić information content (AvgIpc) is 3.55. The first-order chi connectivity index (χ1) is 15.3. The van der Waals surface area contributed by atoms with Crippen LogP contribution in [0.25, 0.3) is 6.08 Å². The third-order valence-corrected chi connectivity index (χ3v) is 6.58. The van der Waals surface area contributed by atoms with Crippen molar-refractivity contribution in [3.63, 3.8) is 0 Å². The molecule has 32 heavy (non-hydrogen) atoms. The summed E-state index contributed by atoms with van der Waals surface area (Å²) >= 11 is 5.64. The smallest absolute Gasteiger partial charge is 0.270 e. The fourth-order valence-corrected chi connectivity index (χ4v) is 4.70. The van der Waals surface area contributed by atoms with Crippen LogP contribution in [0.1, 0.15) is 48.2 Å². The Morgan fingerprint density at radius 3 is 2.56 bits per heavy atom. The first-order valence-electron chi connectivity index (χ1n) is 10.7. The normalized spacial score (nSPS) is 25.6. The van der Waals surface area contributed by atoms with Crippen molar-refractivity contribution in [1.82, 2.24) is 15.6 Å². The number of halogens is 2. The molecule has 6 nitrogen and oxygen atoms in total. The summed E-state index contributed by atoms with van der Waals surface area (Å²) in [5.74, 6) is -0.139. The quantitative estimate of drug-likeness (QED) is 0.632. The van der Waals surface area contributed by atoms with E-state index in [1.54, 1.807) is 12.3 Å². The van der Waals surface area contributed by atoms with E-state index in [4.69, 9.17) is 16.3 Å². The van der Waals surface area contributed by atoms with Crippen LogP contribution in [0.5, 0.6) is 5.75 Å². The fourth-order valence-electron chi connectivity index (χ4n) is 4.58. The summed E-state index contributed by atoms with van der Waals surface area (Å²) in [6.45, 7) is -0.215. The number of amides is 2. The summed E-state index contributed by atoms with van der Waals surface area (Å²) in [6, 6.07) is 7.67. The highest BCUT2D eigenvalue weighted by Gasteiger charge is 2.69. The van der Waals surface area contributed by atoms with E-state index in [-0.39, 0.29) is 40.3 Å². The summed E-state index contributed by atoms with van der Waals surface area (Å²) < 4.78 is 18.8. The van der Waals surface area contributed by atoms with Gasteiger partial charge in [-0.3, -0.25) is 14.6 Å². The van der Waals surface area contributed by atoms with Crippen molar-refractivity contribution in [3.8, 4) is 5.75 Å². The summed E-state index contributed by atoms with van der Waals surface area (Å²) in [6.07, 6.45) is 10.5. The minimum absolute atomic E-state index is 0.000398. The van der Waals surface area contributed by atoms with Crippen LogP contribution in [0.4, 0.5) is 4.39 Å². The van der Waals surface area contributed by atoms with Crippen molar-refractivity contribution < 1.29 is 18.7 Å². The number of allylic oxidation sites excluding steroid dienone is 1. The lowest BCUT2D eigenvalue weighted by Crippen LogP contribution is -2.84. The van der Waals surface area contributed by atoms with Crippen molar-refractivity contribution in [2.24, 2.45) is 5.92 Å². The van der Waals surface area contributed by atoms with Crippen molar-refractivity contribution >= 4 is 29.5 Å². The number of nitrogens with zero attached hydrogens (tertiary/aromatic N) is 1. The van der Waals surface area contributed by atoms with Gasteiger partial charge in [0.2, 0.25) is 0 Å². The molecule has 1 heterocycles. The number of carbonyl (C=O) groups excluding carboxylic acids is 2. The Labute approximate surface area is 190 Å². The van der Waals surface area contributed by atoms with Crippen LogP contribution in [-0.4, -0.2) is 34.5 Å². The molecule has 6 rings (SSSR count). The predicted octanol–water partition coefficient (Wildman–Crippen LogP) is 3.90. The van der Waals surface area contributed by atoms with Gasteiger partial charge in [-0.25, -0.2) is 4.39 Å². The van der Waals surface area contributed by atoms with Crippen LogP contribution in [0, 0.1) is 11.7 Å². The second-order valence-corrected chi connectivity index (χ2v) is 9.54. The van der Waals surface area contributed by atoms with Gasteiger partial charge in [0.05, 0.1) is 5.02 Å². The summed E-state index contributed by atoms with van der Waals surface area (Å²) in [7, 11) is 0. The number of hydrogen-bond acceptors (Lipinski definition) is 4. The third-order valence-electron chi connectivity index (χ3n) is 6.28. The molecule has 1 aromatic carbocycles. The molecule has 2 N–H and O–H groups in total. The third kappa shape index (κ3) is 4.35. The number of benzene rings is 1. The largest absolute Gasteiger partial charge is 0.484 e. The number of ether oxygens (including phenoxy) is 1. The molecule has 166 valence electrons. The Morgan fingerprint density at radius 1 is 1.16 bits per heavy atom. The summed E-state index contributed by atoms with van der Waals surface area (Å²) in [5.41, 5.74) is 0.796. The van der Waals surface area contributed by atoms with E-state index in [0.29, 0.717) is 30.9 Å². The molecule has 1 aromatic heterocycles. The maximum Gasteiger partial charge on any atom is 0.270 e. The molecule has 4 fully saturated rings. The molecule has 2 aromatic rings. The molecular weight excluding hydrogens is 433 g/mol. The van der Waals surface area contributed by atoms with E-state index in [2.05, 4.69) is 21.7 Å². The van der Waals surface area contributed by atoms with Crippen LogP contribution < -0.4 is 15.4 Å². The molecule has 4 aliphatic carbocycles. The average molecular weight is 456 g/mol. The van der Waals surface area contributed by atoms with Crippen LogP contribution in [-0.2, 0) is 4.79 Å². The molecule has 2 amide bonds. The highest BCUT2D eigenvalue weighted by atomic mass is 35.5. The van der Waals surface area contributed by atoms with Crippen molar-refractivity contribution in [2.75, 3.05) is 6.61 Å². The Morgan fingerprint density at radius 2 is 1.91 bits per heavy atom. The van der Waals surface area contributed by atoms with E-state index in [1.807, 2.05) is 12.1 Å². The van der Waals surface area contributed by atoms with Crippen LogP contribution >= 0.6 is 11.6 Å². The number of hydrogen-bond donors (Lipinski definition) is 2. The number of nitrogens with one attached hydrogen (secondary N) is 2. The minimum atomic E-state index is -0.597. The van der Waals surface area contributed by atoms with Gasteiger partial charge in [-0.1, -0.05) is 29.8 Å². The van der Waals surface area contributed by atoms with Crippen LogP contribution in [0.3, 0.4) is 0 Å². The zero-order valence-corrected chi connectivity index (χ0v) is 18.1. The summed E-state index contributed by atoms with van der Waals surface area (Å²) in [4.78, 5) is 29.1. The second kappa shape index (κ2) is 7.89. The lowest BCUT2D eigenvalue weighted by Gasteiger charge is -2.70. The second-order valence-electron chi connectivity index (χ2n) is 9.13. The molecular formula is C24H23ClFN3O3. The van der Waals surface area contributed by atoms with E-state index >= 15 is 0 Å². The van der Waals surface area contributed by atoms with Gasteiger partial charge in [-0.05, 0) is 61.8 Å². The summed E-state index contributed by atoms with van der Waals surface area (Å²) in [5, 5.41) is 6.04. The monoisotopic (exact) mass is 455 g/mol. The molecule has 0 atom stereocenters. The molecule has 0 unspecified atom stereocenters. The molecule has 8 heteroatoms. The molecule has 0 radical (unpaired) electrons. The van der Waals surface area contributed by atoms with Gasteiger partial charge in [0, 0.05) is 23.3 Å². The van der Waals surface area contributed by atoms with Gasteiger partial charge in [0.1, 0.15) is 17.3 Å². The van der Waals surface area contributed by atoms with E-state index in [9.17, 15) is 14.0 Å². The molecule has 2 bridgehead atoms. The number of rotatable bonds is 8. The van der Waals surface area contributed by atoms with Crippen LogP contribution in [0.15, 0.2) is 42.6 Å². The highest BCUT2D eigenvalue weighted by molar-refractivity contribution is 6.30. The van der Waals surface area contributed by atoms with Gasteiger partial charge in [0.15, 0.2) is 6.61 Å². The first kappa shape index (κ1) is 20.9. The van der Waals surface area contributed by atoms with Crippen LogP contribution in [0.2, 0.25) is 5.02 Å². The van der Waals surface area contributed by atoms with E-state index < -0.39 is 5.82 Å². The Bertz CT molecular complexity index is 1080. The fraction of sp³-hybridized carbons (Fsp3) is 0.375. The van der Waals surface area contributed by atoms with Gasteiger partial charge < -0.3 is 15.4 Å². The minimum Gasteiger partial charge on any atom is -0.484 e. The zero-order valence-electron chi connectivity index (χ0n) is 17.4. The lowest BCUT2D eigenvalue weighted by atomic mass is 9.44. The zero-order chi connectivity index (χ0) is 22.3. The molecule has 4 saturated carbocycles. The van der Waals surface area contributed by atoms with Crippen molar-refractivity contribution in [3.05, 3.63) is 64.7 Å². The Hall–Kier alpha value is -2.93. The first-order valence-corrected chi connectivity index (χ1v) is 11.1. The van der Waals surface area contributed by atoms with Gasteiger partial charge in [0.25, 0.3) is 11.8 Å². The predicted molar refractivity (Wildman–Crippen MR) is 118 cm³/mol. The van der Waals surface area contributed by atoms with Crippen molar-refractivity contribution in [1.29, 1.82) is 0 Å². The maximum absolute atomic E-state index is 13.4. The molecule has 4 aliphatic rings. The van der Waals surface area contributed by atoms with E-state index in [1.165, 1.54) is 25.0 Å². The number of aromatic nitrogens is 1. The van der Waals surface area contributed by atoms with Gasteiger partial charge >= 0.3 is 0 Å². The van der Waals surface area contributed by atoms with E-state index in [0.717, 1.165) is 11.6 Å². The van der Waals surface area contributed by atoms with Crippen molar-refractivity contribution in [2.45, 2.75) is 43.2 Å². The Balaban J connectivity index is 1.07. The van der Waals surface area contributed by atoms with Gasteiger partial charge in [-0.2, -0.15) is 0 Å². The lowest BCUT2D eigenvalue weighted by molar-refractivity contribution is -0.141. The van der Waals surface area contributed by atoms with Gasteiger partial charge in [-0.15, -0.1) is 0 Å². The maximum atomic E-state index is 13.4. The topological polar surface area (TPSA) is 80.3 Å².